The molecule has 0 aliphatic rings. The van der Waals surface area contributed by atoms with Gasteiger partial charge in [-0.3, -0.25) is 0 Å². The van der Waals surface area contributed by atoms with E-state index in [2.05, 4.69) is 15.3 Å². The summed E-state index contributed by atoms with van der Waals surface area (Å²) >= 11 is 0. The highest BCUT2D eigenvalue weighted by Crippen LogP contribution is 2.17. The average Bonchev–Trinajstić information content (AvgIpc) is 2.24. The molecule has 1 aromatic carbocycles. The Balaban J connectivity index is 2.25. The molecule has 0 aliphatic carbocycles. The van der Waals surface area contributed by atoms with Gasteiger partial charge in [-0.05, 0) is 30.7 Å². The first-order valence-corrected chi connectivity index (χ1v) is 4.56. The summed E-state index contributed by atoms with van der Waals surface area (Å²) in [5, 5.41) is 2.80. The number of anilines is 2. The Morgan fingerprint density at radius 2 is 1.93 bits per heavy atom. The van der Waals surface area contributed by atoms with Crippen LogP contribution < -0.4 is 5.32 Å². The Morgan fingerprint density at radius 1 is 1.20 bits per heavy atom. The van der Waals surface area contributed by atoms with Gasteiger partial charge in [0.05, 0.1) is 5.69 Å². The van der Waals surface area contributed by atoms with Gasteiger partial charge in [-0.15, -0.1) is 0 Å². The highest BCUT2D eigenvalue weighted by Gasteiger charge is 2.02. The predicted octanol–water partition coefficient (Wildman–Crippen LogP) is 2.67. The first-order valence-electron chi connectivity index (χ1n) is 4.56. The highest BCUT2D eigenvalue weighted by molar-refractivity contribution is 5.54. The molecule has 1 heterocycles. The highest BCUT2D eigenvalue weighted by atomic mass is 19.1. The number of nitrogens with one attached hydrogen (secondary N) is 1. The van der Waals surface area contributed by atoms with Gasteiger partial charge in [0.15, 0.2) is 0 Å². The van der Waals surface area contributed by atoms with Crippen LogP contribution in [0.5, 0.6) is 0 Å². The van der Waals surface area contributed by atoms with Crippen molar-refractivity contribution in [2.75, 3.05) is 5.32 Å². The van der Waals surface area contributed by atoms with E-state index in [0.29, 0.717) is 11.6 Å². The molecule has 0 saturated heterocycles. The minimum Gasteiger partial charge on any atom is -0.322 e. The summed E-state index contributed by atoms with van der Waals surface area (Å²) < 4.78 is 13.4. The van der Waals surface area contributed by atoms with Gasteiger partial charge in [0, 0.05) is 12.4 Å². The zero-order valence-corrected chi connectivity index (χ0v) is 8.24. The van der Waals surface area contributed by atoms with Crippen LogP contribution in [0.1, 0.15) is 5.56 Å². The summed E-state index contributed by atoms with van der Waals surface area (Å²) in [7, 11) is 0. The second-order valence-corrected chi connectivity index (χ2v) is 3.18. The molecule has 15 heavy (non-hydrogen) atoms. The molecule has 2 rings (SSSR count). The number of nitrogens with zero attached hydrogens (tertiary/aromatic N) is 2. The SMILES string of the molecule is Cc1ccc(Nc2ncccn2)c(F)c1. The van der Waals surface area contributed by atoms with E-state index < -0.39 is 0 Å². The molecule has 0 fully saturated rings. The minimum absolute atomic E-state index is 0.303. The lowest BCUT2D eigenvalue weighted by Crippen LogP contribution is -1.98. The second-order valence-electron chi connectivity index (χ2n) is 3.18. The molecule has 3 nitrogen and oxygen atoms in total. The lowest BCUT2D eigenvalue weighted by atomic mass is 10.2. The summed E-state index contributed by atoms with van der Waals surface area (Å²) in [4.78, 5) is 7.90. The Bertz CT molecular complexity index is 457. The number of hydrogen-bond donors (Lipinski definition) is 1. The van der Waals surface area contributed by atoms with Crippen LogP contribution in [0.2, 0.25) is 0 Å². The molecular formula is C11H10FN3. The van der Waals surface area contributed by atoms with Crippen molar-refractivity contribution in [1.29, 1.82) is 0 Å². The van der Waals surface area contributed by atoms with E-state index in [1.807, 2.05) is 13.0 Å². The van der Waals surface area contributed by atoms with Gasteiger partial charge in [0.2, 0.25) is 5.95 Å². The molecule has 0 aliphatic heterocycles. The third-order valence-corrected chi connectivity index (χ3v) is 1.94. The molecular weight excluding hydrogens is 193 g/mol. The summed E-state index contributed by atoms with van der Waals surface area (Å²) in [6, 6.07) is 6.66. The number of hydrogen-bond acceptors (Lipinski definition) is 3. The minimum atomic E-state index is -0.303. The molecule has 0 amide bonds. The van der Waals surface area contributed by atoms with Crippen LogP contribution in [0.15, 0.2) is 36.7 Å². The molecule has 1 N–H and O–H groups in total. The third-order valence-electron chi connectivity index (χ3n) is 1.94. The van der Waals surface area contributed by atoms with Gasteiger partial charge >= 0.3 is 0 Å². The normalized spacial score (nSPS) is 10.0. The molecule has 1 aromatic heterocycles. The monoisotopic (exact) mass is 203 g/mol. The van der Waals surface area contributed by atoms with Crippen molar-refractivity contribution in [3.8, 4) is 0 Å². The average molecular weight is 203 g/mol. The summed E-state index contributed by atoms with van der Waals surface area (Å²) in [6.45, 7) is 1.84. The molecule has 4 heteroatoms. The zero-order valence-electron chi connectivity index (χ0n) is 8.24. The van der Waals surface area contributed by atoms with E-state index >= 15 is 0 Å². The number of halogens is 1. The Hall–Kier alpha value is -1.97. The number of aromatic nitrogens is 2. The van der Waals surface area contributed by atoms with Gasteiger partial charge in [0.25, 0.3) is 0 Å². The lowest BCUT2D eigenvalue weighted by Gasteiger charge is -2.05. The summed E-state index contributed by atoms with van der Waals surface area (Å²) in [5.74, 6) is 0.0858. The molecule has 76 valence electrons. The molecule has 0 radical (unpaired) electrons. The number of rotatable bonds is 2. The van der Waals surface area contributed by atoms with Crippen LogP contribution in [0.4, 0.5) is 16.0 Å². The van der Waals surface area contributed by atoms with Crippen molar-refractivity contribution in [2.45, 2.75) is 6.92 Å². The number of benzene rings is 1. The van der Waals surface area contributed by atoms with Crippen molar-refractivity contribution >= 4 is 11.6 Å². The zero-order chi connectivity index (χ0) is 10.7. The molecule has 2 aromatic rings. The second kappa shape index (κ2) is 4.04. The Morgan fingerprint density at radius 3 is 2.60 bits per heavy atom. The first-order chi connectivity index (χ1) is 7.25. The van der Waals surface area contributed by atoms with E-state index in [1.165, 1.54) is 6.07 Å². The van der Waals surface area contributed by atoms with E-state index in [0.717, 1.165) is 5.56 Å². The van der Waals surface area contributed by atoms with Crippen molar-refractivity contribution in [3.63, 3.8) is 0 Å². The maximum Gasteiger partial charge on any atom is 0.227 e. The topological polar surface area (TPSA) is 37.8 Å². The van der Waals surface area contributed by atoms with Crippen molar-refractivity contribution in [3.05, 3.63) is 48.0 Å². The summed E-state index contributed by atoms with van der Waals surface area (Å²) in [6.07, 6.45) is 3.20. The molecule has 0 bridgehead atoms. The van der Waals surface area contributed by atoms with Gasteiger partial charge in [-0.25, -0.2) is 14.4 Å². The van der Waals surface area contributed by atoms with Gasteiger partial charge < -0.3 is 5.32 Å². The molecule has 0 atom stereocenters. The maximum absolute atomic E-state index is 13.4. The summed E-state index contributed by atoms with van der Waals surface area (Å²) in [5.41, 5.74) is 1.26. The van der Waals surface area contributed by atoms with Crippen molar-refractivity contribution < 1.29 is 4.39 Å². The van der Waals surface area contributed by atoms with Gasteiger partial charge in [0.1, 0.15) is 5.82 Å². The van der Waals surface area contributed by atoms with Gasteiger partial charge in [-0.1, -0.05) is 6.07 Å². The molecule has 0 spiro atoms. The number of aryl methyl sites for hydroxylation is 1. The van der Waals surface area contributed by atoms with Crippen LogP contribution in [0.3, 0.4) is 0 Å². The third kappa shape index (κ3) is 2.28. The van der Waals surface area contributed by atoms with Crippen LogP contribution >= 0.6 is 0 Å². The van der Waals surface area contributed by atoms with Crippen molar-refractivity contribution in [2.24, 2.45) is 0 Å². The van der Waals surface area contributed by atoms with Gasteiger partial charge in [-0.2, -0.15) is 0 Å². The van der Waals surface area contributed by atoms with Crippen LogP contribution in [0.25, 0.3) is 0 Å². The van der Waals surface area contributed by atoms with E-state index in [4.69, 9.17) is 0 Å². The van der Waals surface area contributed by atoms with Crippen molar-refractivity contribution in [1.82, 2.24) is 9.97 Å². The maximum atomic E-state index is 13.4. The Labute approximate surface area is 87.0 Å². The Kier molecular flexibility index (Phi) is 2.58. The molecule has 0 unspecified atom stereocenters. The largest absolute Gasteiger partial charge is 0.322 e. The quantitative estimate of drug-likeness (QED) is 0.815. The first kappa shape index (κ1) is 9.58. The van der Waals surface area contributed by atoms with Crippen LogP contribution in [0, 0.1) is 12.7 Å². The predicted molar refractivity (Wildman–Crippen MR) is 56.5 cm³/mol. The molecule has 0 saturated carbocycles. The fourth-order valence-corrected chi connectivity index (χ4v) is 1.21. The smallest absolute Gasteiger partial charge is 0.227 e. The van der Waals surface area contributed by atoms with Crippen LogP contribution in [-0.2, 0) is 0 Å². The van der Waals surface area contributed by atoms with E-state index in [-0.39, 0.29) is 5.82 Å². The van der Waals surface area contributed by atoms with E-state index in [9.17, 15) is 4.39 Å². The van der Waals surface area contributed by atoms with E-state index in [1.54, 1.807) is 24.5 Å². The standard InChI is InChI=1S/C11H10FN3/c1-8-3-4-10(9(12)7-8)15-11-13-5-2-6-14-11/h2-7H,1H3,(H,13,14,15). The van der Waals surface area contributed by atoms with Crippen LogP contribution in [-0.4, -0.2) is 9.97 Å². The fraction of sp³-hybridized carbons (Fsp3) is 0.0909. The lowest BCUT2D eigenvalue weighted by molar-refractivity contribution is 0.630. The fourth-order valence-electron chi connectivity index (χ4n) is 1.21.